The first-order valence-electron chi connectivity index (χ1n) is 12.9. The first kappa shape index (κ1) is 24.8. The molecule has 0 radical (unpaired) electrons. The van der Waals surface area contributed by atoms with Crippen molar-refractivity contribution >= 4 is 5.91 Å². The maximum Gasteiger partial charge on any atom is 0.251 e. The van der Waals surface area contributed by atoms with Crippen molar-refractivity contribution in [1.82, 2.24) is 15.2 Å². The number of ether oxygens (including phenoxy) is 1. The average molecular weight is 496 g/mol. The number of hydrogen-bond donors (Lipinski definition) is 1. The summed E-state index contributed by atoms with van der Waals surface area (Å²) in [6.45, 7) is 7.97. The molecule has 1 N–H and O–H groups in total. The number of nitrogens with zero attached hydrogens (tertiary/aromatic N) is 2. The summed E-state index contributed by atoms with van der Waals surface area (Å²) in [5, 5.41) is 3.04. The van der Waals surface area contributed by atoms with Gasteiger partial charge in [-0.25, -0.2) is 4.98 Å². The summed E-state index contributed by atoms with van der Waals surface area (Å²) in [5.74, 6) is 1.98. The lowest BCUT2D eigenvalue weighted by Gasteiger charge is -2.28. The number of fused-ring (bicyclic) bond motifs is 1. The van der Waals surface area contributed by atoms with Crippen LogP contribution in [-0.2, 0) is 19.6 Å². The van der Waals surface area contributed by atoms with Crippen molar-refractivity contribution in [1.29, 1.82) is 0 Å². The molecular formula is C31H33N3O3. The molecule has 5 rings (SSSR count). The SMILES string of the molecule is Cc1ccc(OCc2nc(-c3ccc(C(=O)NCCCN4CCc5ccccc5C4)cc3)oc2C)cc1. The molecule has 1 aliphatic rings. The first-order chi connectivity index (χ1) is 18.0. The molecule has 4 aromatic rings. The fourth-order valence-corrected chi connectivity index (χ4v) is 4.59. The Kier molecular flexibility index (Phi) is 7.66. The van der Waals surface area contributed by atoms with Gasteiger partial charge < -0.3 is 14.5 Å². The number of benzene rings is 3. The van der Waals surface area contributed by atoms with Crippen LogP contribution in [0.2, 0.25) is 0 Å². The van der Waals surface area contributed by atoms with Crippen LogP contribution in [0.5, 0.6) is 5.75 Å². The van der Waals surface area contributed by atoms with E-state index in [0.29, 0.717) is 24.6 Å². The molecule has 0 spiro atoms. The van der Waals surface area contributed by atoms with Crippen molar-refractivity contribution in [3.8, 4) is 17.2 Å². The van der Waals surface area contributed by atoms with E-state index in [4.69, 9.17) is 9.15 Å². The molecule has 190 valence electrons. The Morgan fingerprint density at radius 1 is 1.00 bits per heavy atom. The molecule has 6 nitrogen and oxygen atoms in total. The number of carbonyl (C=O) groups is 1. The van der Waals surface area contributed by atoms with Crippen LogP contribution >= 0.6 is 0 Å². The molecule has 3 aromatic carbocycles. The molecule has 37 heavy (non-hydrogen) atoms. The van der Waals surface area contributed by atoms with Crippen molar-refractivity contribution in [3.05, 3.63) is 107 Å². The average Bonchev–Trinajstić information content (AvgIpc) is 3.31. The normalized spacial score (nSPS) is 13.2. The van der Waals surface area contributed by atoms with Crippen molar-refractivity contribution in [3.63, 3.8) is 0 Å². The lowest BCUT2D eigenvalue weighted by atomic mass is 10.00. The molecule has 1 aliphatic heterocycles. The quantitative estimate of drug-likeness (QED) is 0.301. The second kappa shape index (κ2) is 11.4. The van der Waals surface area contributed by atoms with Crippen LogP contribution in [0.25, 0.3) is 11.5 Å². The molecule has 0 bridgehead atoms. The molecule has 1 aromatic heterocycles. The van der Waals surface area contributed by atoms with Gasteiger partial charge in [-0.1, -0.05) is 42.0 Å². The number of amides is 1. The van der Waals surface area contributed by atoms with Crippen molar-refractivity contribution in [2.24, 2.45) is 0 Å². The van der Waals surface area contributed by atoms with Gasteiger partial charge >= 0.3 is 0 Å². The highest BCUT2D eigenvalue weighted by Crippen LogP contribution is 2.24. The van der Waals surface area contributed by atoms with E-state index >= 15 is 0 Å². The molecule has 0 saturated heterocycles. The van der Waals surface area contributed by atoms with Gasteiger partial charge in [0.15, 0.2) is 0 Å². The van der Waals surface area contributed by atoms with E-state index in [1.807, 2.05) is 62.4 Å². The molecule has 0 saturated carbocycles. The summed E-state index contributed by atoms with van der Waals surface area (Å²) in [4.78, 5) is 19.7. The van der Waals surface area contributed by atoms with Gasteiger partial charge in [0.05, 0.1) is 0 Å². The third-order valence-electron chi connectivity index (χ3n) is 6.83. The van der Waals surface area contributed by atoms with Gasteiger partial charge in [-0.15, -0.1) is 0 Å². The number of aryl methyl sites for hydroxylation is 2. The minimum absolute atomic E-state index is 0.0636. The van der Waals surface area contributed by atoms with Crippen LogP contribution in [-0.4, -0.2) is 35.4 Å². The highest BCUT2D eigenvalue weighted by Gasteiger charge is 2.16. The Hall–Kier alpha value is -3.90. The Bertz CT molecular complexity index is 1340. The van der Waals surface area contributed by atoms with Crippen molar-refractivity contribution in [2.45, 2.75) is 39.8 Å². The molecule has 1 amide bonds. The lowest BCUT2D eigenvalue weighted by Crippen LogP contribution is -2.33. The second-order valence-electron chi connectivity index (χ2n) is 9.61. The fourth-order valence-electron chi connectivity index (χ4n) is 4.59. The van der Waals surface area contributed by atoms with E-state index in [2.05, 4.69) is 39.5 Å². The Morgan fingerprint density at radius 3 is 2.54 bits per heavy atom. The topological polar surface area (TPSA) is 67.6 Å². The summed E-state index contributed by atoms with van der Waals surface area (Å²) in [5.41, 5.74) is 6.28. The predicted octanol–water partition coefficient (Wildman–Crippen LogP) is 5.72. The van der Waals surface area contributed by atoms with Gasteiger partial charge in [-0.2, -0.15) is 0 Å². The third kappa shape index (κ3) is 6.27. The van der Waals surface area contributed by atoms with Crippen LogP contribution in [0, 0.1) is 13.8 Å². The Labute approximate surface area is 218 Å². The van der Waals surface area contributed by atoms with E-state index in [1.54, 1.807) is 0 Å². The lowest BCUT2D eigenvalue weighted by molar-refractivity contribution is 0.0951. The summed E-state index contributed by atoms with van der Waals surface area (Å²) in [6, 6.07) is 24.0. The van der Waals surface area contributed by atoms with Crippen molar-refractivity contribution < 1.29 is 13.9 Å². The van der Waals surface area contributed by atoms with Crippen molar-refractivity contribution in [2.75, 3.05) is 19.6 Å². The highest BCUT2D eigenvalue weighted by atomic mass is 16.5. The molecule has 0 aliphatic carbocycles. The first-order valence-corrected chi connectivity index (χ1v) is 12.9. The van der Waals surface area contributed by atoms with E-state index in [-0.39, 0.29) is 5.91 Å². The zero-order valence-electron chi connectivity index (χ0n) is 21.5. The van der Waals surface area contributed by atoms with Gasteiger partial charge in [-0.05, 0) is 74.2 Å². The number of carbonyl (C=O) groups excluding carboxylic acids is 1. The van der Waals surface area contributed by atoms with Gasteiger partial charge in [0.1, 0.15) is 23.8 Å². The molecular weight excluding hydrogens is 462 g/mol. The monoisotopic (exact) mass is 495 g/mol. The van der Waals surface area contributed by atoms with Crippen LogP contribution in [0.15, 0.2) is 77.2 Å². The van der Waals surface area contributed by atoms with E-state index in [1.165, 1.54) is 16.7 Å². The maximum atomic E-state index is 12.6. The van der Waals surface area contributed by atoms with Crippen LogP contribution in [0.4, 0.5) is 0 Å². The zero-order chi connectivity index (χ0) is 25.6. The van der Waals surface area contributed by atoms with Crippen LogP contribution < -0.4 is 10.1 Å². The third-order valence-corrected chi connectivity index (χ3v) is 6.83. The van der Waals surface area contributed by atoms with E-state index in [0.717, 1.165) is 55.2 Å². The Balaban J connectivity index is 1.09. The number of nitrogens with one attached hydrogen (secondary N) is 1. The molecule has 0 fully saturated rings. The smallest absolute Gasteiger partial charge is 0.251 e. The summed E-state index contributed by atoms with van der Waals surface area (Å²) >= 11 is 0. The largest absolute Gasteiger partial charge is 0.487 e. The minimum Gasteiger partial charge on any atom is -0.487 e. The number of oxazole rings is 1. The molecule has 2 heterocycles. The summed E-state index contributed by atoms with van der Waals surface area (Å²) in [7, 11) is 0. The van der Waals surface area contributed by atoms with E-state index in [9.17, 15) is 4.79 Å². The number of hydrogen-bond acceptors (Lipinski definition) is 5. The Morgan fingerprint density at radius 2 is 1.76 bits per heavy atom. The van der Waals surface area contributed by atoms with Gasteiger partial charge in [0.25, 0.3) is 5.91 Å². The van der Waals surface area contributed by atoms with Gasteiger partial charge in [0.2, 0.25) is 5.89 Å². The van der Waals surface area contributed by atoms with Gasteiger partial charge in [0, 0.05) is 37.3 Å². The molecule has 0 atom stereocenters. The standard InChI is InChI=1S/C31H33N3O3/c1-22-8-14-28(15-9-22)36-21-29-23(2)37-31(33-29)26-12-10-25(11-13-26)30(35)32-17-5-18-34-19-16-24-6-3-4-7-27(24)20-34/h3-4,6-15H,5,16-21H2,1-2H3,(H,32,35). The number of aromatic nitrogens is 1. The second-order valence-corrected chi connectivity index (χ2v) is 9.61. The highest BCUT2D eigenvalue weighted by molar-refractivity contribution is 5.94. The van der Waals surface area contributed by atoms with Crippen LogP contribution in [0.1, 0.15) is 44.9 Å². The summed E-state index contributed by atoms with van der Waals surface area (Å²) < 4.78 is 11.7. The van der Waals surface area contributed by atoms with Gasteiger partial charge in [-0.3, -0.25) is 9.69 Å². The predicted molar refractivity (Wildman–Crippen MR) is 145 cm³/mol. The fraction of sp³-hybridized carbons (Fsp3) is 0.290. The zero-order valence-corrected chi connectivity index (χ0v) is 21.5. The summed E-state index contributed by atoms with van der Waals surface area (Å²) in [6.07, 6.45) is 2.02. The van der Waals surface area contributed by atoms with E-state index < -0.39 is 0 Å². The maximum absolute atomic E-state index is 12.6. The molecule has 0 unspecified atom stereocenters. The number of rotatable bonds is 9. The minimum atomic E-state index is -0.0636. The molecule has 6 heteroatoms. The van der Waals surface area contributed by atoms with Crippen LogP contribution in [0.3, 0.4) is 0 Å².